The first kappa shape index (κ1) is 14.0. The van der Waals surface area contributed by atoms with E-state index in [0.717, 1.165) is 47.1 Å². The Bertz CT molecular complexity index is 399. The van der Waals surface area contributed by atoms with Crippen LogP contribution in [0.25, 0.3) is 0 Å². The van der Waals surface area contributed by atoms with Gasteiger partial charge in [-0.05, 0) is 66.8 Å². The smallest absolute Gasteiger partial charge is 0.263 e. The second-order valence-electron chi connectivity index (χ2n) is 4.73. The average molecular weight is 331 g/mol. The molecule has 3 nitrogen and oxygen atoms in total. The lowest BCUT2D eigenvalue weighted by molar-refractivity contribution is 0.0692. The van der Waals surface area contributed by atoms with Gasteiger partial charge in [0.15, 0.2) is 0 Å². The number of rotatable bonds is 4. The second kappa shape index (κ2) is 6.68. The van der Waals surface area contributed by atoms with Crippen LogP contribution in [0.5, 0.6) is 0 Å². The molecule has 1 aromatic rings. The van der Waals surface area contributed by atoms with Gasteiger partial charge in [0.25, 0.3) is 5.91 Å². The van der Waals surface area contributed by atoms with Gasteiger partial charge in [0, 0.05) is 13.1 Å². The van der Waals surface area contributed by atoms with E-state index in [2.05, 4.69) is 21.2 Å². The lowest BCUT2D eigenvalue weighted by atomic mass is 9.93. The molecule has 0 saturated carbocycles. The van der Waals surface area contributed by atoms with Gasteiger partial charge >= 0.3 is 0 Å². The molecule has 1 N–H and O–H groups in total. The van der Waals surface area contributed by atoms with Gasteiger partial charge in [-0.15, -0.1) is 11.3 Å². The summed E-state index contributed by atoms with van der Waals surface area (Å²) >= 11 is 4.92. The number of amides is 1. The Hall–Kier alpha value is -0.390. The SMILES string of the molecule is CNCCC1CCN(C(=O)c2ccc(Br)s2)CC1. The van der Waals surface area contributed by atoms with Crippen molar-refractivity contribution in [2.45, 2.75) is 19.3 Å². The molecule has 2 rings (SSSR count). The van der Waals surface area contributed by atoms with Crippen LogP contribution in [0.15, 0.2) is 15.9 Å². The van der Waals surface area contributed by atoms with E-state index in [4.69, 9.17) is 0 Å². The Balaban J connectivity index is 1.84. The van der Waals surface area contributed by atoms with Crippen molar-refractivity contribution in [3.05, 3.63) is 20.8 Å². The number of likely N-dealkylation sites (tertiary alicyclic amines) is 1. The molecule has 0 aliphatic carbocycles. The van der Waals surface area contributed by atoms with E-state index in [-0.39, 0.29) is 5.91 Å². The van der Waals surface area contributed by atoms with Crippen LogP contribution in [0.4, 0.5) is 0 Å². The van der Waals surface area contributed by atoms with Crippen LogP contribution >= 0.6 is 27.3 Å². The van der Waals surface area contributed by atoms with Gasteiger partial charge in [0.2, 0.25) is 0 Å². The van der Waals surface area contributed by atoms with Gasteiger partial charge in [0.05, 0.1) is 8.66 Å². The van der Waals surface area contributed by atoms with E-state index in [9.17, 15) is 4.79 Å². The quantitative estimate of drug-likeness (QED) is 0.920. The highest BCUT2D eigenvalue weighted by atomic mass is 79.9. The maximum atomic E-state index is 12.2. The van der Waals surface area contributed by atoms with Crippen LogP contribution in [0, 0.1) is 5.92 Å². The molecule has 0 unspecified atom stereocenters. The molecule has 0 spiro atoms. The first-order valence-corrected chi connectivity index (χ1v) is 8.01. The molecule has 2 heterocycles. The van der Waals surface area contributed by atoms with Gasteiger partial charge in [0.1, 0.15) is 0 Å². The molecular formula is C13H19BrN2OS. The Morgan fingerprint density at radius 1 is 1.50 bits per heavy atom. The van der Waals surface area contributed by atoms with Crippen molar-refractivity contribution in [2.24, 2.45) is 5.92 Å². The molecule has 0 radical (unpaired) electrons. The number of halogens is 1. The molecule has 1 saturated heterocycles. The van der Waals surface area contributed by atoms with Crippen LogP contribution in [-0.4, -0.2) is 37.5 Å². The predicted molar refractivity (Wildman–Crippen MR) is 79.2 cm³/mol. The summed E-state index contributed by atoms with van der Waals surface area (Å²) < 4.78 is 1.02. The predicted octanol–water partition coefficient (Wildman–Crippen LogP) is 2.97. The highest BCUT2D eigenvalue weighted by Crippen LogP contribution is 2.26. The molecule has 0 aromatic carbocycles. The van der Waals surface area contributed by atoms with Crippen molar-refractivity contribution in [1.29, 1.82) is 0 Å². The van der Waals surface area contributed by atoms with Crippen molar-refractivity contribution in [2.75, 3.05) is 26.7 Å². The summed E-state index contributed by atoms with van der Waals surface area (Å²) in [4.78, 5) is 15.1. The third kappa shape index (κ3) is 3.56. The normalized spacial score (nSPS) is 17.1. The Kier molecular flexibility index (Phi) is 5.21. The average Bonchev–Trinajstić information content (AvgIpc) is 2.83. The topological polar surface area (TPSA) is 32.3 Å². The second-order valence-corrected chi connectivity index (χ2v) is 7.19. The third-order valence-corrected chi connectivity index (χ3v) is 5.10. The lowest BCUT2D eigenvalue weighted by Crippen LogP contribution is -2.38. The minimum Gasteiger partial charge on any atom is -0.338 e. The van der Waals surface area contributed by atoms with Crippen molar-refractivity contribution < 1.29 is 4.79 Å². The molecular weight excluding hydrogens is 312 g/mol. The van der Waals surface area contributed by atoms with Gasteiger partial charge in [-0.1, -0.05) is 0 Å². The molecule has 1 fully saturated rings. The number of thiophene rings is 1. The summed E-state index contributed by atoms with van der Waals surface area (Å²) in [5.41, 5.74) is 0. The zero-order valence-corrected chi connectivity index (χ0v) is 13.0. The van der Waals surface area contributed by atoms with E-state index in [0.29, 0.717) is 0 Å². The van der Waals surface area contributed by atoms with Crippen molar-refractivity contribution >= 4 is 33.2 Å². The van der Waals surface area contributed by atoms with Crippen molar-refractivity contribution in [3.63, 3.8) is 0 Å². The molecule has 100 valence electrons. The number of nitrogens with zero attached hydrogens (tertiary/aromatic N) is 1. The molecule has 1 amide bonds. The number of hydrogen-bond acceptors (Lipinski definition) is 3. The zero-order valence-electron chi connectivity index (χ0n) is 10.6. The van der Waals surface area contributed by atoms with Crippen LogP contribution in [0.2, 0.25) is 0 Å². The summed E-state index contributed by atoms with van der Waals surface area (Å²) in [5, 5.41) is 3.19. The number of piperidine rings is 1. The highest BCUT2D eigenvalue weighted by Gasteiger charge is 2.23. The number of carbonyl (C=O) groups excluding carboxylic acids is 1. The largest absolute Gasteiger partial charge is 0.338 e. The molecule has 1 aromatic heterocycles. The monoisotopic (exact) mass is 330 g/mol. The molecule has 18 heavy (non-hydrogen) atoms. The van der Waals surface area contributed by atoms with E-state index in [1.54, 1.807) is 0 Å². The first-order chi connectivity index (χ1) is 8.70. The summed E-state index contributed by atoms with van der Waals surface area (Å²) in [7, 11) is 1.99. The lowest BCUT2D eigenvalue weighted by Gasteiger charge is -2.31. The maximum absolute atomic E-state index is 12.2. The van der Waals surface area contributed by atoms with E-state index < -0.39 is 0 Å². The van der Waals surface area contributed by atoms with Crippen molar-refractivity contribution in [1.82, 2.24) is 10.2 Å². The summed E-state index contributed by atoms with van der Waals surface area (Å²) in [6, 6.07) is 3.85. The minimum absolute atomic E-state index is 0.192. The molecule has 0 atom stereocenters. The molecule has 1 aliphatic heterocycles. The summed E-state index contributed by atoms with van der Waals surface area (Å²) in [6.45, 7) is 2.89. The fraction of sp³-hybridized carbons (Fsp3) is 0.615. The van der Waals surface area contributed by atoms with E-state index >= 15 is 0 Å². The van der Waals surface area contributed by atoms with Crippen molar-refractivity contribution in [3.8, 4) is 0 Å². The number of nitrogens with one attached hydrogen (secondary N) is 1. The van der Waals surface area contributed by atoms with Gasteiger partial charge in [-0.3, -0.25) is 4.79 Å². The van der Waals surface area contributed by atoms with Crippen LogP contribution in [0.1, 0.15) is 28.9 Å². The molecule has 5 heteroatoms. The molecule has 1 aliphatic rings. The fourth-order valence-electron chi connectivity index (χ4n) is 2.36. The Morgan fingerprint density at radius 3 is 2.78 bits per heavy atom. The maximum Gasteiger partial charge on any atom is 0.263 e. The van der Waals surface area contributed by atoms with Gasteiger partial charge < -0.3 is 10.2 Å². The van der Waals surface area contributed by atoms with Crippen LogP contribution < -0.4 is 5.32 Å². The molecule has 0 bridgehead atoms. The summed E-state index contributed by atoms with van der Waals surface area (Å²) in [5.74, 6) is 0.967. The highest BCUT2D eigenvalue weighted by molar-refractivity contribution is 9.11. The Morgan fingerprint density at radius 2 is 2.22 bits per heavy atom. The summed E-state index contributed by atoms with van der Waals surface area (Å²) in [6.07, 6.45) is 3.50. The minimum atomic E-state index is 0.192. The first-order valence-electron chi connectivity index (χ1n) is 6.40. The van der Waals surface area contributed by atoms with Crippen LogP contribution in [0.3, 0.4) is 0 Å². The fourth-order valence-corrected chi connectivity index (χ4v) is 3.71. The van der Waals surface area contributed by atoms with Gasteiger partial charge in [-0.2, -0.15) is 0 Å². The van der Waals surface area contributed by atoms with Gasteiger partial charge in [-0.25, -0.2) is 0 Å². The zero-order chi connectivity index (χ0) is 13.0. The standard InChI is InChI=1S/C13H19BrN2OS/c1-15-7-4-10-5-8-16(9-6-10)13(17)11-2-3-12(14)18-11/h2-3,10,15H,4-9H2,1H3. The van der Waals surface area contributed by atoms with E-state index in [1.807, 2.05) is 24.1 Å². The van der Waals surface area contributed by atoms with Crippen LogP contribution in [-0.2, 0) is 0 Å². The number of hydrogen-bond donors (Lipinski definition) is 1. The number of carbonyl (C=O) groups is 1. The third-order valence-electron chi connectivity index (χ3n) is 3.49. The Labute approximate surface area is 121 Å². The van der Waals surface area contributed by atoms with E-state index in [1.165, 1.54) is 17.8 Å².